The van der Waals surface area contributed by atoms with E-state index < -0.39 is 23.2 Å². The van der Waals surface area contributed by atoms with E-state index in [0.29, 0.717) is 17.7 Å². The molecule has 2 atom stereocenters. The van der Waals surface area contributed by atoms with Crippen LogP contribution in [0.4, 0.5) is 4.39 Å². The summed E-state index contributed by atoms with van der Waals surface area (Å²) in [6.07, 6.45) is 1.73. The second kappa shape index (κ2) is 12.8. The molecule has 0 saturated carbocycles. The number of amidine groups is 1. The summed E-state index contributed by atoms with van der Waals surface area (Å²) >= 11 is 0. The van der Waals surface area contributed by atoms with Gasteiger partial charge in [-0.25, -0.2) is 4.39 Å². The Hall–Kier alpha value is -3.91. The molecule has 3 aromatic rings. The Morgan fingerprint density at radius 3 is 2.38 bits per heavy atom. The number of esters is 1. The molecule has 1 fully saturated rings. The minimum Gasteiger partial charge on any atom is -0.488 e. The van der Waals surface area contributed by atoms with Gasteiger partial charge in [0.2, 0.25) is 5.91 Å². The average molecular weight is 554 g/mol. The van der Waals surface area contributed by atoms with E-state index in [-0.39, 0.29) is 42.9 Å². The summed E-state index contributed by atoms with van der Waals surface area (Å²) < 4.78 is 25.8. The number of nitrogen functional groups attached to an aromatic ring is 1. The first-order valence-corrected chi connectivity index (χ1v) is 12.5. The molecule has 206 valence electrons. The van der Waals surface area contributed by atoms with Crippen molar-refractivity contribution < 1.29 is 23.5 Å². The quantitative estimate of drug-likeness (QED) is 0.159. The number of methoxy groups -OCH3 is 1. The van der Waals surface area contributed by atoms with E-state index in [2.05, 4.69) is 0 Å². The molecular formula is C30H33ClFN3O4. The summed E-state index contributed by atoms with van der Waals surface area (Å²) in [5.74, 6) is -1.37. The Kier molecular flexibility index (Phi) is 9.70. The number of nitrogens with zero attached hydrogens (tertiary/aromatic N) is 1. The number of carbonyl (C=O) groups is 2. The van der Waals surface area contributed by atoms with Crippen molar-refractivity contribution in [3.63, 3.8) is 0 Å². The fourth-order valence-electron chi connectivity index (χ4n) is 4.90. The molecule has 1 aliphatic rings. The van der Waals surface area contributed by atoms with Crippen LogP contribution in [0.25, 0.3) is 11.1 Å². The molecule has 1 saturated heterocycles. The number of ether oxygens (including phenoxy) is 2. The number of amides is 1. The molecule has 0 radical (unpaired) electrons. The molecule has 0 spiro atoms. The van der Waals surface area contributed by atoms with Crippen LogP contribution in [0.5, 0.6) is 5.75 Å². The number of benzene rings is 3. The molecule has 1 amide bonds. The van der Waals surface area contributed by atoms with Crippen LogP contribution in [0.3, 0.4) is 0 Å². The van der Waals surface area contributed by atoms with Crippen LogP contribution >= 0.6 is 12.4 Å². The highest BCUT2D eigenvalue weighted by molar-refractivity contribution is 6.04. The van der Waals surface area contributed by atoms with Crippen LogP contribution in [0.1, 0.15) is 30.9 Å². The first kappa shape index (κ1) is 29.6. The van der Waals surface area contributed by atoms with Crippen molar-refractivity contribution in [1.29, 1.82) is 5.41 Å². The fraction of sp³-hybridized carbons (Fsp3) is 0.300. The maximum absolute atomic E-state index is 15.0. The first-order valence-electron chi connectivity index (χ1n) is 12.5. The maximum atomic E-state index is 15.0. The maximum Gasteiger partial charge on any atom is 0.321 e. The number of rotatable bonds is 10. The predicted octanol–water partition coefficient (Wildman–Crippen LogP) is 4.99. The molecule has 1 heterocycles. The lowest BCUT2D eigenvalue weighted by Crippen LogP contribution is -2.41. The number of hydrogen-bond acceptors (Lipinski definition) is 5. The minimum absolute atomic E-state index is 0. The van der Waals surface area contributed by atoms with Crippen LogP contribution in [0, 0.1) is 16.6 Å². The SMILES string of the molecule is COC(=O)[C@@]1(C)C[C@@H](COc2ccc(-c3ccc(C(=N)N)cc3)cc2F)N(CCCc2ccccc2)C1=O.Cl. The second-order valence-electron chi connectivity index (χ2n) is 9.72. The third-order valence-corrected chi connectivity index (χ3v) is 7.05. The molecule has 9 heteroatoms. The van der Waals surface area contributed by atoms with Gasteiger partial charge in [0.1, 0.15) is 17.9 Å². The Morgan fingerprint density at radius 2 is 1.77 bits per heavy atom. The van der Waals surface area contributed by atoms with Crippen molar-refractivity contribution in [3.05, 3.63) is 89.7 Å². The van der Waals surface area contributed by atoms with E-state index in [4.69, 9.17) is 20.6 Å². The number of likely N-dealkylation sites (tertiary alicyclic amines) is 1. The molecule has 0 aromatic heterocycles. The van der Waals surface area contributed by atoms with E-state index in [1.807, 2.05) is 30.3 Å². The van der Waals surface area contributed by atoms with E-state index in [1.54, 1.807) is 48.2 Å². The van der Waals surface area contributed by atoms with Gasteiger partial charge in [-0.05, 0) is 55.0 Å². The molecule has 3 N–H and O–H groups in total. The topological polar surface area (TPSA) is 106 Å². The molecule has 0 unspecified atom stereocenters. The number of aryl methyl sites for hydroxylation is 1. The summed E-state index contributed by atoms with van der Waals surface area (Å²) in [4.78, 5) is 27.5. The van der Waals surface area contributed by atoms with E-state index in [0.717, 1.165) is 18.4 Å². The van der Waals surface area contributed by atoms with Gasteiger partial charge in [0.15, 0.2) is 11.6 Å². The average Bonchev–Trinajstić information content (AvgIpc) is 3.18. The van der Waals surface area contributed by atoms with E-state index in [1.165, 1.54) is 18.7 Å². The second-order valence-corrected chi connectivity index (χ2v) is 9.72. The molecule has 3 aromatic carbocycles. The van der Waals surface area contributed by atoms with Gasteiger partial charge in [-0.15, -0.1) is 12.4 Å². The highest BCUT2D eigenvalue weighted by Crippen LogP contribution is 2.38. The summed E-state index contributed by atoms with van der Waals surface area (Å²) in [6, 6.07) is 21.2. The van der Waals surface area contributed by atoms with Gasteiger partial charge >= 0.3 is 5.97 Å². The first-order chi connectivity index (χ1) is 18.2. The molecule has 1 aliphatic heterocycles. The molecule has 39 heavy (non-hydrogen) atoms. The third-order valence-electron chi connectivity index (χ3n) is 7.05. The van der Waals surface area contributed by atoms with Crippen molar-refractivity contribution in [1.82, 2.24) is 4.90 Å². The van der Waals surface area contributed by atoms with Crippen LogP contribution in [0.15, 0.2) is 72.8 Å². The summed E-state index contributed by atoms with van der Waals surface area (Å²) in [7, 11) is 1.27. The zero-order valence-corrected chi connectivity index (χ0v) is 22.8. The lowest BCUT2D eigenvalue weighted by atomic mass is 9.87. The van der Waals surface area contributed by atoms with Crippen LogP contribution in [-0.4, -0.2) is 48.9 Å². The smallest absolute Gasteiger partial charge is 0.321 e. The molecular weight excluding hydrogens is 521 g/mol. The van der Waals surface area contributed by atoms with Gasteiger partial charge in [0.05, 0.1) is 13.2 Å². The molecule has 4 rings (SSSR count). The Labute approximate surface area is 234 Å². The number of nitrogens with one attached hydrogen (secondary N) is 1. The lowest BCUT2D eigenvalue weighted by Gasteiger charge is -2.25. The van der Waals surface area contributed by atoms with Crippen molar-refractivity contribution >= 4 is 30.1 Å². The van der Waals surface area contributed by atoms with Gasteiger partial charge in [0, 0.05) is 12.1 Å². The van der Waals surface area contributed by atoms with Crippen molar-refractivity contribution in [3.8, 4) is 16.9 Å². The summed E-state index contributed by atoms with van der Waals surface area (Å²) in [5, 5.41) is 7.50. The van der Waals surface area contributed by atoms with Crippen molar-refractivity contribution in [2.45, 2.75) is 32.2 Å². The molecule has 0 bridgehead atoms. The standard InChI is InChI=1S/C30H32FN3O4.ClH/c1-30(29(36)37-2)18-24(34(28(30)35)16-6-9-20-7-4-3-5-8-20)19-38-26-15-14-23(17-25(26)31)21-10-12-22(13-11-21)27(32)33;/h3-5,7-8,10-15,17,24H,6,9,16,18-19H2,1-2H3,(H3,32,33);1H/t24-,30-;/m0./s1. The van der Waals surface area contributed by atoms with Gasteiger partial charge in [-0.2, -0.15) is 0 Å². The Balaban J connectivity index is 0.00000420. The van der Waals surface area contributed by atoms with Crippen LogP contribution in [-0.2, 0) is 20.7 Å². The zero-order chi connectivity index (χ0) is 27.3. The summed E-state index contributed by atoms with van der Waals surface area (Å²) in [6.45, 7) is 2.09. The number of nitrogens with two attached hydrogens (primary N) is 1. The van der Waals surface area contributed by atoms with Crippen molar-refractivity contribution in [2.75, 3.05) is 20.3 Å². The highest BCUT2D eigenvalue weighted by atomic mass is 35.5. The highest BCUT2D eigenvalue weighted by Gasteiger charge is 2.54. The minimum atomic E-state index is -1.30. The third kappa shape index (κ3) is 6.57. The number of carbonyl (C=O) groups excluding carboxylic acids is 2. The fourth-order valence-corrected chi connectivity index (χ4v) is 4.90. The molecule has 0 aliphatic carbocycles. The van der Waals surface area contributed by atoms with Gasteiger partial charge < -0.3 is 20.1 Å². The largest absolute Gasteiger partial charge is 0.488 e. The van der Waals surface area contributed by atoms with E-state index >= 15 is 0 Å². The molecule has 7 nitrogen and oxygen atoms in total. The Bertz CT molecular complexity index is 1320. The van der Waals surface area contributed by atoms with Crippen LogP contribution < -0.4 is 10.5 Å². The number of hydrogen-bond donors (Lipinski definition) is 2. The summed E-state index contributed by atoms with van der Waals surface area (Å²) in [5.41, 5.74) is 7.39. The van der Waals surface area contributed by atoms with Gasteiger partial charge in [0.25, 0.3) is 0 Å². The Morgan fingerprint density at radius 1 is 1.10 bits per heavy atom. The monoisotopic (exact) mass is 553 g/mol. The van der Waals surface area contributed by atoms with Crippen LogP contribution in [0.2, 0.25) is 0 Å². The van der Waals surface area contributed by atoms with Crippen molar-refractivity contribution in [2.24, 2.45) is 11.1 Å². The van der Waals surface area contributed by atoms with Gasteiger partial charge in [-0.1, -0.05) is 60.7 Å². The lowest BCUT2D eigenvalue weighted by molar-refractivity contribution is -0.157. The van der Waals surface area contributed by atoms with E-state index in [9.17, 15) is 14.0 Å². The number of halogens is 2. The normalized spacial score (nSPS) is 18.4. The van der Waals surface area contributed by atoms with Gasteiger partial charge in [-0.3, -0.25) is 15.0 Å². The zero-order valence-electron chi connectivity index (χ0n) is 22.0. The predicted molar refractivity (Wildman–Crippen MR) is 151 cm³/mol.